The maximum atomic E-state index is 12.5. The number of ether oxygens (including phenoxy) is 1. The number of nitrogens with zero attached hydrogens (tertiary/aromatic N) is 2. The number of nitrogens with one attached hydrogen (secondary N) is 1. The maximum absolute atomic E-state index is 12.5. The molecule has 1 heterocycles. The molecule has 1 aliphatic heterocycles. The van der Waals surface area contributed by atoms with E-state index in [9.17, 15) is 9.59 Å². The van der Waals surface area contributed by atoms with Crippen LogP contribution in [0.4, 0.5) is 0 Å². The van der Waals surface area contributed by atoms with Crippen molar-refractivity contribution < 1.29 is 14.3 Å². The third-order valence-electron chi connectivity index (χ3n) is 6.56. The van der Waals surface area contributed by atoms with Crippen molar-refractivity contribution in [3.8, 4) is 5.75 Å². The Hall–Kier alpha value is -1.86. The van der Waals surface area contributed by atoms with Crippen LogP contribution in [0.2, 0.25) is 0 Å². The van der Waals surface area contributed by atoms with Gasteiger partial charge in [-0.3, -0.25) is 9.59 Å². The summed E-state index contributed by atoms with van der Waals surface area (Å²) < 4.78 is 6.21. The van der Waals surface area contributed by atoms with Crippen LogP contribution >= 0.6 is 15.9 Å². The Morgan fingerprint density at radius 2 is 1.84 bits per heavy atom. The van der Waals surface area contributed by atoms with E-state index in [1.165, 1.54) is 38.2 Å². The number of rotatable bonds is 7. The van der Waals surface area contributed by atoms with Crippen molar-refractivity contribution in [1.29, 1.82) is 0 Å². The van der Waals surface area contributed by atoms with Crippen LogP contribution in [-0.2, 0) is 9.59 Å². The molecule has 3 rings (SSSR count). The fourth-order valence-corrected chi connectivity index (χ4v) is 5.02. The average Bonchev–Trinajstić information content (AvgIpc) is 2.81. The van der Waals surface area contributed by atoms with Crippen molar-refractivity contribution in [2.24, 2.45) is 0 Å². The fraction of sp³-hybridized carbons (Fsp3) is 0.583. The molecule has 0 spiro atoms. The number of piperidine rings is 1. The van der Waals surface area contributed by atoms with Crippen molar-refractivity contribution in [2.45, 2.75) is 57.0 Å². The highest BCUT2D eigenvalue weighted by Gasteiger charge is 2.29. The van der Waals surface area contributed by atoms with Gasteiger partial charge in [-0.05, 0) is 57.0 Å². The lowest BCUT2D eigenvalue weighted by Crippen LogP contribution is -2.50. The van der Waals surface area contributed by atoms with Gasteiger partial charge in [-0.15, -0.1) is 0 Å². The zero-order valence-electron chi connectivity index (χ0n) is 18.6. The molecule has 1 aromatic rings. The molecular formula is C24H34BrN3O3. The number of likely N-dealkylation sites (tertiary alicyclic amines) is 1. The van der Waals surface area contributed by atoms with E-state index in [1.807, 2.05) is 23.1 Å². The number of halogens is 1. The molecule has 7 heteroatoms. The Morgan fingerprint density at radius 3 is 2.52 bits per heavy atom. The molecule has 1 N–H and O–H groups in total. The second-order valence-electron chi connectivity index (χ2n) is 8.51. The molecule has 0 unspecified atom stereocenters. The number of amides is 2. The van der Waals surface area contributed by atoms with E-state index in [4.69, 9.17) is 4.74 Å². The van der Waals surface area contributed by atoms with E-state index in [1.54, 1.807) is 13.2 Å². The van der Waals surface area contributed by atoms with E-state index in [-0.39, 0.29) is 18.4 Å². The maximum Gasteiger partial charge on any atom is 0.244 e. The number of hydrogen-bond donors (Lipinski definition) is 1. The Bertz CT molecular complexity index is 784. The van der Waals surface area contributed by atoms with Crippen LogP contribution in [0.3, 0.4) is 0 Å². The van der Waals surface area contributed by atoms with Gasteiger partial charge in [0.15, 0.2) is 0 Å². The molecule has 2 amide bonds. The van der Waals surface area contributed by atoms with Gasteiger partial charge >= 0.3 is 0 Å². The smallest absolute Gasteiger partial charge is 0.244 e. The van der Waals surface area contributed by atoms with Crippen molar-refractivity contribution in [3.05, 3.63) is 34.3 Å². The number of carbonyl (C=O) groups excluding carboxylic acids is 2. The summed E-state index contributed by atoms with van der Waals surface area (Å²) in [6.45, 7) is 1.56. The topological polar surface area (TPSA) is 61.9 Å². The Kier molecular flexibility index (Phi) is 8.96. The van der Waals surface area contributed by atoms with Gasteiger partial charge in [0.05, 0.1) is 13.7 Å². The van der Waals surface area contributed by atoms with Crippen LogP contribution in [0.15, 0.2) is 28.7 Å². The molecule has 0 bridgehead atoms. The van der Waals surface area contributed by atoms with Gasteiger partial charge in [-0.1, -0.05) is 35.2 Å². The van der Waals surface area contributed by atoms with E-state index < -0.39 is 0 Å². The SMILES string of the molecule is COc1ccc(Br)cc1/C=C/C(=O)NCC(=O)N1CCC(N(C)C2CCCCC2)CC1. The number of benzene rings is 1. The summed E-state index contributed by atoms with van der Waals surface area (Å²) in [5.74, 6) is 0.382. The van der Waals surface area contributed by atoms with Gasteiger partial charge in [0, 0.05) is 41.3 Å². The second kappa shape index (κ2) is 11.7. The summed E-state index contributed by atoms with van der Waals surface area (Å²) >= 11 is 3.42. The Balaban J connectivity index is 1.42. The van der Waals surface area contributed by atoms with Gasteiger partial charge in [0.2, 0.25) is 11.8 Å². The normalized spacial score (nSPS) is 18.5. The minimum Gasteiger partial charge on any atom is -0.496 e. The summed E-state index contributed by atoms with van der Waals surface area (Å²) in [7, 11) is 3.85. The van der Waals surface area contributed by atoms with Crippen molar-refractivity contribution >= 4 is 33.8 Å². The highest BCUT2D eigenvalue weighted by atomic mass is 79.9. The molecule has 1 saturated heterocycles. The Labute approximate surface area is 194 Å². The van der Waals surface area contributed by atoms with E-state index in [0.717, 1.165) is 36.0 Å². The molecule has 31 heavy (non-hydrogen) atoms. The molecule has 1 saturated carbocycles. The molecule has 170 valence electrons. The summed E-state index contributed by atoms with van der Waals surface area (Å²) in [4.78, 5) is 29.2. The van der Waals surface area contributed by atoms with Gasteiger partial charge < -0.3 is 19.9 Å². The molecule has 1 aromatic carbocycles. The molecule has 1 aliphatic carbocycles. The van der Waals surface area contributed by atoms with Crippen LogP contribution < -0.4 is 10.1 Å². The molecule has 0 aromatic heterocycles. The average molecular weight is 492 g/mol. The predicted octanol–water partition coefficient (Wildman–Crippen LogP) is 3.84. The lowest BCUT2D eigenvalue weighted by atomic mass is 9.92. The van der Waals surface area contributed by atoms with Crippen LogP contribution in [0.1, 0.15) is 50.5 Å². The van der Waals surface area contributed by atoms with E-state index in [2.05, 4.69) is 33.2 Å². The van der Waals surface area contributed by atoms with Gasteiger partial charge in [0.25, 0.3) is 0 Å². The second-order valence-corrected chi connectivity index (χ2v) is 9.42. The van der Waals surface area contributed by atoms with Crippen molar-refractivity contribution in [1.82, 2.24) is 15.1 Å². The number of hydrogen-bond acceptors (Lipinski definition) is 4. The van der Waals surface area contributed by atoms with Crippen LogP contribution in [0, 0.1) is 0 Å². The first-order valence-corrected chi connectivity index (χ1v) is 12.1. The third kappa shape index (κ3) is 6.81. The monoisotopic (exact) mass is 491 g/mol. The zero-order valence-corrected chi connectivity index (χ0v) is 20.2. The first-order chi connectivity index (χ1) is 15.0. The summed E-state index contributed by atoms with van der Waals surface area (Å²) in [5.41, 5.74) is 0.794. The lowest BCUT2D eigenvalue weighted by Gasteiger charge is -2.41. The molecule has 6 nitrogen and oxygen atoms in total. The van der Waals surface area contributed by atoms with Gasteiger partial charge in [0.1, 0.15) is 5.75 Å². The first kappa shape index (κ1) is 23.8. The highest BCUT2D eigenvalue weighted by Crippen LogP contribution is 2.26. The fourth-order valence-electron chi connectivity index (χ4n) is 4.64. The zero-order chi connectivity index (χ0) is 22.2. The predicted molar refractivity (Wildman–Crippen MR) is 127 cm³/mol. The summed E-state index contributed by atoms with van der Waals surface area (Å²) in [5, 5.41) is 2.71. The van der Waals surface area contributed by atoms with E-state index in [0.29, 0.717) is 17.8 Å². The molecule has 0 radical (unpaired) electrons. The summed E-state index contributed by atoms with van der Waals surface area (Å²) in [6.07, 6.45) is 11.8. The molecule has 2 aliphatic rings. The summed E-state index contributed by atoms with van der Waals surface area (Å²) in [6, 6.07) is 6.86. The van der Waals surface area contributed by atoms with Crippen LogP contribution in [0.5, 0.6) is 5.75 Å². The van der Waals surface area contributed by atoms with Crippen molar-refractivity contribution in [2.75, 3.05) is 33.8 Å². The van der Waals surface area contributed by atoms with E-state index >= 15 is 0 Å². The standard InChI is InChI=1S/C24H34BrN3O3/c1-27(20-6-4-3-5-7-20)21-12-14-28(15-13-21)24(30)17-26-23(29)11-8-18-16-19(25)9-10-22(18)31-2/h8-11,16,20-21H,3-7,12-15,17H2,1-2H3,(H,26,29)/b11-8+. The van der Waals surface area contributed by atoms with Crippen LogP contribution in [-0.4, -0.2) is 67.5 Å². The largest absolute Gasteiger partial charge is 0.496 e. The van der Waals surface area contributed by atoms with Gasteiger partial charge in [-0.2, -0.15) is 0 Å². The number of carbonyl (C=O) groups is 2. The molecular weight excluding hydrogens is 458 g/mol. The van der Waals surface area contributed by atoms with Crippen LogP contribution in [0.25, 0.3) is 6.08 Å². The minimum absolute atomic E-state index is 0.0134. The van der Waals surface area contributed by atoms with Gasteiger partial charge in [-0.25, -0.2) is 0 Å². The molecule has 2 fully saturated rings. The lowest BCUT2D eigenvalue weighted by molar-refractivity contribution is -0.133. The third-order valence-corrected chi connectivity index (χ3v) is 7.06. The Morgan fingerprint density at radius 1 is 1.16 bits per heavy atom. The number of methoxy groups -OCH3 is 1. The van der Waals surface area contributed by atoms with Crippen molar-refractivity contribution in [3.63, 3.8) is 0 Å². The quantitative estimate of drug-likeness (QED) is 0.588. The minimum atomic E-state index is -0.290. The highest BCUT2D eigenvalue weighted by molar-refractivity contribution is 9.10. The first-order valence-electron chi connectivity index (χ1n) is 11.3. The molecule has 0 atom stereocenters.